The quantitative estimate of drug-likeness (QED) is 0.751. The number of benzene rings is 1. The number of para-hydroxylation sites is 2. The molecule has 0 bridgehead atoms. The van der Waals surface area contributed by atoms with Crippen molar-refractivity contribution in [1.82, 2.24) is 9.97 Å². The van der Waals surface area contributed by atoms with E-state index in [-0.39, 0.29) is 0 Å². The van der Waals surface area contributed by atoms with Crippen LogP contribution in [0.4, 0.5) is 11.5 Å². The highest BCUT2D eigenvalue weighted by Gasteiger charge is 2.09. The number of hydrogen-bond acceptors (Lipinski definition) is 5. The number of rotatable bonds is 5. The summed E-state index contributed by atoms with van der Waals surface area (Å²) in [6.45, 7) is 4.88. The summed E-state index contributed by atoms with van der Waals surface area (Å²) in [6, 6.07) is 10.0. The third-order valence-corrected chi connectivity index (χ3v) is 4.01. The summed E-state index contributed by atoms with van der Waals surface area (Å²) in [5.74, 6) is 1.66. The Kier molecular flexibility index (Phi) is 4.01. The van der Waals surface area contributed by atoms with E-state index in [1.54, 1.807) is 17.7 Å². The highest BCUT2D eigenvalue weighted by Crippen LogP contribution is 2.32. The minimum absolute atomic E-state index is 0.704. The van der Waals surface area contributed by atoms with E-state index in [9.17, 15) is 0 Å². The number of thiophene rings is 1. The molecule has 2 aromatic heterocycles. The standard InChI is InChI=1S/C16H17N3OS/c1-3-8-20-14-7-5-4-6-13(14)19-15-12-9-11(2)21-16(12)18-10-17-15/h4-7,9-10H,3,8H2,1-2H3,(H,17,18,19). The largest absolute Gasteiger partial charge is 0.491 e. The molecular weight excluding hydrogens is 282 g/mol. The lowest BCUT2D eigenvalue weighted by Gasteiger charge is -2.12. The number of anilines is 2. The molecule has 0 aliphatic rings. The van der Waals surface area contributed by atoms with E-state index in [2.05, 4.69) is 35.2 Å². The Morgan fingerprint density at radius 2 is 2.10 bits per heavy atom. The van der Waals surface area contributed by atoms with Crippen LogP contribution in [0.1, 0.15) is 18.2 Å². The zero-order valence-corrected chi connectivity index (χ0v) is 12.9. The fourth-order valence-corrected chi connectivity index (χ4v) is 2.96. The van der Waals surface area contributed by atoms with Crippen LogP contribution in [-0.4, -0.2) is 16.6 Å². The molecule has 0 saturated carbocycles. The molecule has 0 amide bonds. The summed E-state index contributed by atoms with van der Waals surface area (Å²) in [5.41, 5.74) is 0.926. The zero-order chi connectivity index (χ0) is 14.7. The number of ether oxygens (including phenoxy) is 1. The molecule has 0 aliphatic carbocycles. The van der Waals surface area contributed by atoms with Crippen LogP contribution in [0.15, 0.2) is 36.7 Å². The van der Waals surface area contributed by atoms with Gasteiger partial charge in [0.2, 0.25) is 0 Å². The van der Waals surface area contributed by atoms with Gasteiger partial charge in [0.05, 0.1) is 17.7 Å². The van der Waals surface area contributed by atoms with Crippen LogP contribution in [0, 0.1) is 6.92 Å². The maximum atomic E-state index is 5.77. The molecule has 0 radical (unpaired) electrons. The Labute approximate surface area is 127 Å². The Morgan fingerprint density at radius 1 is 1.24 bits per heavy atom. The van der Waals surface area contributed by atoms with Crippen molar-refractivity contribution >= 4 is 33.1 Å². The Morgan fingerprint density at radius 3 is 2.95 bits per heavy atom. The summed E-state index contributed by atoms with van der Waals surface area (Å²) in [5, 5.41) is 4.41. The van der Waals surface area contributed by atoms with Gasteiger partial charge in [0, 0.05) is 4.88 Å². The van der Waals surface area contributed by atoms with Crippen molar-refractivity contribution in [3.8, 4) is 5.75 Å². The Hall–Kier alpha value is -2.14. The molecule has 108 valence electrons. The van der Waals surface area contributed by atoms with Crippen LogP contribution in [0.2, 0.25) is 0 Å². The first kappa shape index (κ1) is 13.8. The average Bonchev–Trinajstić information content (AvgIpc) is 2.88. The minimum Gasteiger partial charge on any atom is -0.491 e. The molecule has 5 heteroatoms. The van der Waals surface area contributed by atoms with Crippen LogP contribution in [0.25, 0.3) is 10.2 Å². The van der Waals surface area contributed by atoms with E-state index < -0.39 is 0 Å². The van der Waals surface area contributed by atoms with E-state index in [1.165, 1.54) is 4.88 Å². The second-order valence-corrected chi connectivity index (χ2v) is 6.00. The first-order valence-electron chi connectivity index (χ1n) is 6.98. The van der Waals surface area contributed by atoms with Crippen LogP contribution >= 0.6 is 11.3 Å². The summed E-state index contributed by atoms with van der Waals surface area (Å²) >= 11 is 1.67. The topological polar surface area (TPSA) is 47.0 Å². The summed E-state index contributed by atoms with van der Waals surface area (Å²) in [4.78, 5) is 10.9. The first-order chi connectivity index (χ1) is 10.3. The van der Waals surface area contributed by atoms with Gasteiger partial charge in [-0.2, -0.15) is 0 Å². The molecule has 0 aliphatic heterocycles. The van der Waals surface area contributed by atoms with Gasteiger partial charge >= 0.3 is 0 Å². The molecule has 0 saturated heterocycles. The fourth-order valence-electron chi connectivity index (χ4n) is 2.11. The van der Waals surface area contributed by atoms with Gasteiger partial charge in [-0.3, -0.25) is 0 Å². The SMILES string of the molecule is CCCOc1ccccc1Nc1ncnc2sc(C)cc12. The van der Waals surface area contributed by atoms with Crippen LogP contribution in [0.5, 0.6) is 5.75 Å². The van der Waals surface area contributed by atoms with E-state index in [0.717, 1.165) is 33.9 Å². The maximum Gasteiger partial charge on any atom is 0.142 e. The predicted octanol–water partition coefficient (Wildman–Crippen LogP) is 4.53. The molecule has 0 spiro atoms. The second-order valence-electron chi connectivity index (χ2n) is 4.77. The van der Waals surface area contributed by atoms with Gasteiger partial charge in [0.1, 0.15) is 22.7 Å². The number of aryl methyl sites for hydroxylation is 1. The van der Waals surface area contributed by atoms with Gasteiger partial charge in [0.25, 0.3) is 0 Å². The monoisotopic (exact) mass is 299 g/mol. The smallest absolute Gasteiger partial charge is 0.142 e. The van der Waals surface area contributed by atoms with E-state index in [0.29, 0.717) is 6.61 Å². The highest BCUT2D eigenvalue weighted by molar-refractivity contribution is 7.18. The maximum absolute atomic E-state index is 5.77. The Balaban J connectivity index is 1.95. The third-order valence-electron chi connectivity index (χ3n) is 3.05. The van der Waals surface area contributed by atoms with Gasteiger partial charge in [-0.25, -0.2) is 9.97 Å². The van der Waals surface area contributed by atoms with Crippen molar-refractivity contribution in [2.24, 2.45) is 0 Å². The normalized spacial score (nSPS) is 10.8. The fraction of sp³-hybridized carbons (Fsp3) is 0.250. The van der Waals surface area contributed by atoms with Crippen molar-refractivity contribution in [2.75, 3.05) is 11.9 Å². The number of fused-ring (bicyclic) bond motifs is 1. The summed E-state index contributed by atoms with van der Waals surface area (Å²) in [6.07, 6.45) is 2.58. The molecule has 21 heavy (non-hydrogen) atoms. The lowest BCUT2D eigenvalue weighted by Crippen LogP contribution is -2.00. The number of nitrogens with zero attached hydrogens (tertiary/aromatic N) is 2. The van der Waals surface area contributed by atoms with Crippen molar-refractivity contribution < 1.29 is 4.74 Å². The molecule has 4 nitrogen and oxygen atoms in total. The van der Waals surface area contributed by atoms with E-state index in [1.807, 2.05) is 24.3 Å². The third kappa shape index (κ3) is 2.97. The van der Waals surface area contributed by atoms with Crippen LogP contribution in [0.3, 0.4) is 0 Å². The summed E-state index contributed by atoms with van der Waals surface area (Å²) < 4.78 is 5.77. The molecule has 0 fully saturated rings. The number of nitrogens with one attached hydrogen (secondary N) is 1. The second kappa shape index (κ2) is 6.10. The first-order valence-corrected chi connectivity index (χ1v) is 7.79. The molecule has 0 atom stereocenters. The molecule has 0 unspecified atom stereocenters. The highest BCUT2D eigenvalue weighted by atomic mass is 32.1. The van der Waals surface area contributed by atoms with Crippen molar-refractivity contribution in [1.29, 1.82) is 0 Å². The average molecular weight is 299 g/mol. The van der Waals surface area contributed by atoms with Gasteiger partial charge in [-0.15, -0.1) is 11.3 Å². The van der Waals surface area contributed by atoms with Crippen molar-refractivity contribution in [3.63, 3.8) is 0 Å². The number of hydrogen-bond donors (Lipinski definition) is 1. The summed E-state index contributed by atoms with van der Waals surface area (Å²) in [7, 11) is 0. The molecule has 2 heterocycles. The zero-order valence-electron chi connectivity index (χ0n) is 12.1. The van der Waals surface area contributed by atoms with Gasteiger partial charge in [-0.1, -0.05) is 19.1 Å². The van der Waals surface area contributed by atoms with Gasteiger partial charge in [-0.05, 0) is 31.5 Å². The van der Waals surface area contributed by atoms with Crippen LogP contribution in [-0.2, 0) is 0 Å². The van der Waals surface area contributed by atoms with Crippen molar-refractivity contribution in [2.45, 2.75) is 20.3 Å². The minimum atomic E-state index is 0.704. The molecular formula is C16H17N3OS. The van der Waals surface area contributed by atoms with Gasteiger partial charge < -0.3 is 10.1 Å². The van der Waals surface area contributed by atoms with Crippen LogP contribution < -0.4 is 10.1 Å². The molecule has 3 aromatic rings. The molecule has 3 rings (SSSR count). The van der Waals surface area contributed by atoms with E-state index >= 15 is 0 Å². The Bertz CT molecular complexity index is 754. The predicted molar refractivity (Wildman–Crippen MR) is 87.7 cm³/mol. The van der Waals surface area contributed by atoms with E-state index in [4.69, 9.17) is 4.74 Å². The molecule has 1 N–H and O–H groups in total. The lowest BCUT2D eigenvalue weighted by molar-refractivity contribution is 0.319. The molecule has 1 aromatic carbocycles. The van der Waals surface area contributed by atoms with Crippen molar-refractivity contribution in [3.05, 3.63) is 41.5 Å². The van der Waals surface area contributed by atoms with Gasteiger partial charge in [0.15, 0.2) is 0 Å². The number of aromatic nitrogens is 2. The lowest BCUT2D eigenvalue weighted by atomic mass is 10.2.